The van der Waals surface area contributed by atoms with Crippen LogP contribution in [0.2, 0.25) is 0 Å². The summed E-state index contributed by atoms with van der Waals surface area (Å²) in [5.74, 6) is -1.65. The Bertz CT molecular complexity index is 630. The minimum atomic E-state index is -0.838. The Labute approximate surface area is 116 Å². The van der Waals surface area contributed by atoms with Gasteiger partial charge >= 0.3 is 0 Å². The van der Waals surface area contributed by atoms with Gasteiger partial charge in [0.2, 0.25) is 0 Å². The Morgan fingerprint density at radius 3 is 2.50 bits per heavy atom. The summed E-state index contributed by atoms with van der Waals surface area (Å²) in [6.45, 7) is 2.17. The number of nitrogens with one attached hydrogen (secondary N) is 1. The van der Waals surface area contributed by atoms with Crippen LogP contribution in [0.5, 0.6) is 0 Å². The first-order valence-electron chi connectivity index (χ1n) is 6.28. The van der Waals surface area contributed by atoms with Crippen molar-refractivity contribution in [2.24, 2.45) is 0 Å². The van der Waals surface area contributed by atoms with Gasteiger partial charge in [-0.05, 0) is 30.7 Å². The van der Waals surface area contributed by atoms with E-state index in [9.17, 15) is 8.78 Å². The molecule has 20 heavy (non-hydrogen) atoms. The summed E-state index contributed by atoms with van der Waals surface area (Å²) in [6.07, 6.45) is 0. The molecule has 0 aromatic heterocycles. The minimum Gasteiger partial charge on any atom is -0.306 e. The highest BCUT2D eigenvalue weighted by Gasteiger charge is 2.09. The van der Waals surface area contributed by atoms with Gasteiger partial charge in [-0.2, -0.15) is 5.26 Å². The quantitative estimate of drug-likeness (QED) is 0.921. The fraction of sp³-hybridized carbons (Fsp3) is 0.188. The van der Waals surface area contributed by atoms with Crippen molar-refractivity contribution in [2.45, 2.75) is 19.5 Å². The van der Waals surface area contributed by atoms with Crippen LogP contribution in [0.1, 0.15) is 29.7 Å². The molecule has 102 valence electrons. The third-order valence-electron chi connectivity index (χ3n) is 3.17. The standard InChI is InChI=1S/C16H14F2N2/c1-11(13-7-5-12(9-19)6-8-13)20-10-14-3-2-4-15(17)16(14)18/h2-8,11,20H,10H2,1H3/t11-/m0/s1. The zero-order valence-electron chi connectivity index (χ0n) is 11.0. The zero-order chi connectivity index (χ0) is 14.5. The maximum Gasteiger partial charge on any atom is 0.163 e. The van der Waals surface area contributed by atoms with Crippen LogP contribution >= 0.6 is 0 Å². The van der Waals surface area contributed by atoms with Crippen molar-refractivity contribution in [3.05, 3.63) is 70.8 Å². The first kappa shape index (κ1) is 14.2. The second-order valence-corrected chi connectivity index (χ2v) is 4.55. The molecular formula is C16H14F2N2. The van der Waals surface area contributed by atoms with Crippen LogP contribution in [0.15, 0.2) is 42.5 Å². The normalized spacial score (nSPS) is 11.9. The highest BCUT2D eigenvalue weighted by atomic mass is 19.2. The third-order valence-corrected chi connectivity index (χ3v) is 3.17. The molecule has 2 aromatic carbocycles. The monoisotopic (exact) mass is 272 g/mol. The maximum absolute atomic E-state index is 13.5. The van der Waals surface area contributed by atoms with Gasteiger partial charge in [-0.3, -0.25) is 0 Å². The van der Waals surface area contributed by atoms with E-state index < -0.39 is 11.6 Å². The predicted molar refractivity (Wildman–Crippen MR) is 72.8 cm³/mol. The Hall–Kier alpha value is -2.25. The summed E-state index contributed by atoms with van der Waals surface area (Å²) >= 11 is 0. The van der Waals surface area contributed by atoms with Gasteiger partial charge in [-0.1, -0.05) is 24.3 Å². The summed E-state index contributed by atoms with van der Waals surface area (Å²) in [6, 6.07) is 13.3. The Kier molecular flexibility index (Phi) is 4.44. The number of benzene rings is 2. The van der Waals surface area contributed by atoms with E-state index in [0.717, 1.165) is 11.6 Å². The molecule has 0 unspecified atom stereocenters. The van der Waals surface area contributed by atoms with Crippen LogP contribution in [0.3, 0.4) is 0 Å². The summed E-state index contributed by atoms with van der Waals surface area (Å²) in [5.41, 5.74) is 1.88. The van der Waals surface area contributed by atoms with E-state index in [1.165, 1.54) is 6.07 Å². The molecule has 0 saturated heterocycles. The van der Waals surface area contributed by atoms with Gasteiger partial charge in [0.15, 0.2) is 11.6 Å². The molecule has 0 heterocycles. The molecule has 0 amide bonds. The maximum atomic E-state index is 13.5. The molecule has 0 fully saturated rings. The van der Waals surface area contributed by atoms with Gasteiger partial charge in [0.05, 0.1) is 11.6 Å². The lowest BCUT2D eigenvalue weighted by atomic mass is 10.1. The molecule has 0 aliphatic rings. The average Bonchev–Trinajstić information content (AvgIpc) is 2.48. The molecule has 2 aromatic rings. The smallest absolute Gasteiger partial charge is 0.163 e. The number of nitrogens with zero attached hydrogens (tertiary/aromatic N) is 1. The molecule has 2 rings (SSSR count). The highest BCUT2D eigenvalue weighted by Crippen LogP contribution is 2.16. The number of hydrogen-bond donors (Lipinski definition) is 1. The van der Waals surface area contributed by atoms with E-state index in [4.69, 9.17) is 5.26 Å². The van der Waals surface area contributed by atoms with Crippen LogP contribution in [0.4, 0.5) is 8.78 Å². The van der Waals surface area contributed by atoms with Gasteiger partial charge in [-0.25, -0.2) is 8.78 Å². The van der Waals surface area contributed by atoms with Gasteiger partial charge in [0.1, 0.15) is 0 Å². The van der Waals surface area contributed by atoms with Crippen molar-refractivity contribution >= 4 is 0 Å². The summed E-state index contributed by atoms with van der Waals surface area (Å²) in [5, 5.41) is 11.9. The third kappa shape index (κ3) is 3.19. The number of halogens is 2. The second kappa shape index (κ2) is 6.27. The molecule has 0 spiro atoms. The summed E-state index contributed by atoms with van der Waals surface area (Å²) < 4.78 is 26.6. The molecule has 4 heteroatoms. The SMILES string of the molecule is C[C@H](NCc1cccc(F)c1F)c1ccc(C#N)cc1. The van der Waals surface area contributed by atoms with Gasteiger partial charge < -0.3 is 5.32 Å². The van der Waals surface area contributed by atoms with Gasteiger partial charge in [0.25, 0.3) is 0 Å². The van der Waals surface area contributed by atoms with E-state index in [1.54, 1.807) is 18.2 Å². The summed E-state index contributed by atoms with van der Waals surface area (Å²) in [7, 11) is 0. The topological polar surface area (TPSA) is 35.8 Å². The van der Waals surface area contributed by atoms with Crippen molar-refractivity contribution in [2.75, 3.05) is 0 Å². The molecule has 2 nitrogen and oxygen atoms in total. The molecule has 0 aliphatic carbocycles. The average molecular weight is 272 g/mol. The lowest BCUT2D eigenvalue weighted by Gasteiger charge is -2.14. The van der Waals surface area contributed by atoms with Crippen LogP contribution in [-0.2, 0) is 6.54 Å². The Morgan fingerprint density at radius 1 is 1.15 bits per heavy atom. The van der Waals surface area contributed by atoms with E-state index in [1.807, 2.05) is 19.1 Å². The zero-order valence-corrected chi connectivity index (χ0v) is 11.0. The number of nitriles is 1. The molecule has 0 aliphatic heterocycles. The largest absolute Gasteiger partial charge is 0.306 e. The van der Waals surface area contributed by atoms with Crippen molar-refractivity contribution in [1.82, 2.24) is 5.32 Å². The van der Waals surface area contributed by atoms with E-state index >= 15 is 0 Å². The van der Waals surface area contributed by atoms with E-state index in [0.29, 0.717) is 11.1 Å². The number of rotatable bonds is 4. The predicted octanol–water partition coefficient (Wildman–Crippen LogP) is 3.69. The van der Waals surface area contributed by atoms with Crippen molar-refractivity contribution in [1.29, 1.82) is 5.26 Å². The van der Waals surface area contributed by atoms with Crippen LogP contribution < -0.4 is 5.32 Å². The van der Waals surface area contributed by atoms with Crippen LogP contribution in [-0.4, -0.2) is 0 Å². The minimum absolute atomic E-state index is 0.0228. The Balaban J connectivity index is 2.03. The van der Waals surface area contributed by atoms with E-state index in [2.05, 4.69) is 11.4 Å². The van der Waals surface area contributed by atoms with Crippen LogP contribution in [0, 0.1) is 23.0 Å². The first-order chi connectivity index (χ1) is 9.61. The van der Waals surface area contributed by atoms with Gasteiger partial charge in [0, 0.05) is 18.2 Å². The summed E-state index contributed by atoms with van der Waals surface area (Å²) in [4.78, 5) is 0. The van der Waals surface area contributed by atoms with Crippen molar-refractivity contribution < 1.29 is 8.78 Å². The molecular weight excluding hydrogens is 258 g/mol. The fourth-order valence-electron chi connectivity index (χ4n) is 1.91. The first-order valence-corrected chi connectivity index (χ1v) is 6.28. The second-order valence-electron chi connectivity index (χ2n) is 4.55. The highest BCUT2D eigenvalue weighted by molar-refractivity contribution is 5.32. The molecule has 0 radical (unpaired) electrons. The molecule has 1 N–H and O–H groups in total. The van der Waals surface area contributed by atoms with E-state index in [-0.39, 0.29) is 12.6 Å². The van der Waals surface area contributed by atoms with Gasteiger partial charge in [-0.15, -0.1) is 0 Å². The molecule has 0 saturated carbocycles. The number of hydrogen-bond acceptors (Lipinski definition) is 2. The fourth-order valence-corrected chi connectivity index (χ4v) is 1.91. The molecule has 0 bridgehead atoms. The van der Waals surface area contributed by atoms with Crippen molar-refractivity contribution in [3.63, 3.8) is 0 Å². The molecule has 1 atom stereocenters. The lowest BCUT2D eigenvalue weighted by molar-refractivity contribution is 0.484. The van der Waals surface area contributed by atoms with Crippen molar-refractivity contribution in [3.8, 4) is 6.07 Å². The van der Waals surface area contributed by atoms with Crippen LogP contribution in [0.25, 0.3) is 0 Å². The lowest BCUT2D eigenvalue weighted by Crippen LogP contribution is -2.19. The Morgan fingerprint density at radius 2 is 1.85 bits per heavy atom.